The maximum absolute atomic E-state index is 12.4. The van der Waals surface area contributed by atoms with E-state index in [0.29, 0.717) is 23.6 Å². The van der Waals surface area contributed by atoms with Crippen LogP contribution >= 0.6 is 24.8 Å². The maximum atomic E-state index is 12.4. The number of nitrogens with two attached hydrogens (primary N) is 1. The van der Waals surface area contributed by atoms with E-state index in [1.807, 2.05) is 19.9 Å². The largest absolute Gasteiger partial charge is 0.354 e. The van der Waals surface area contributed by atoms with Crippen molar-refractivity contribution in [3.8, 4) is 11.4 Å². The molecule has 0 aliphatic carbocycles. The minimum atomic E-state index is -0.417. The van der Waals surface area contributed by atoms with Gasteiger partial charge in [0.15, 0.2) is 0 Å². The molecule has 0 saturated heterocycles. The number of hydrogen-bond acceptors (Lipinski definition) is 5. The molecule has 2 aromatic heterocycles. The monoisotopic (exact) mass is 415 g/mol. The summed E-state index contributed by atoms with van der Waals surface area (Å²) in [5, 5.41) is 2.82. The smallest absolute Gasteiger partial charge is 0.255 e. The zero-order valence-corrected chi connectivity index (χ0v) is 17.4. The van der Waals surface area contributed by atoms with Crippen LogP contribution in [0.2, 0.25) is 0 Å². The summed E-state index contributed by atoms with van der Waals surface area (Å²) in [5.41, 5.74) is 7.06. The Balaban J connectivity index is 0.00000338. The fourth-order valence-corrected chi connectivity index (χ4v) is 2.46. The molecule has 7 nitrogen and oxygen atoms in total. The van der Waals surface area contributed by atoms with Gasteiger partial charge in [0.05, 0.1) is 6.42 Å². The van der Waals surface area contributed by atoms with E-state index in [9.17, 15) is 9.59 Å². The first-order valence-electron chi connectivity index (χ1n) is 8.44. The highest BCUT2D eigenvalue weighted by Gasteiger charge is 2.21. The van der Waals surface area contributed by atoms with Crippen molar-refractivity contribution < 1.29 is 4.79 Å². The summed E-state index contributed by atoms with van der Waals surface area (Å²) >= 11 is 0. The van der Waals surface area contributed by atoms with Crippen LogP contribution in [-0.2, 0) is 11.2 Å². The molecule has 2 aromatic rings. The van der Waals surface area contributed by atoms with Crippen LogP contribution in [0.4, 0.5) is 0 Å². The third-order valence-electron chi connectivity index (χ3n) is 4.54. The molecule has 2 heterocycles. The third-order valence-corrected chi connectivity index (χ3v) is 4.54. The Hall–Kier alpha value is -1.96. The maximum Gasteiger partial charge on any atom is 0.255 e. The lowest BCUT2D eigenvalue weighted by atomic mass is 9.94. The fourth-order valence-electron chi connectivity index (χ4n) is 2.46. The Bertz CT molecular complexity index is 792. The Morgan fingerprint density at radius 1 is 1.30 bits per heavy atom. The lowest BCUT2D eigenvalue weighted by Gasteiger charge is -2.26. The van der Waals surface area contributed by atoms with E-state index in [1.54, 1.807) is 25.4 Å². The van der Waals surface area contributed by atoms with Gasteiger partial charge in [-0.2, -0.15) is 0 Å². The number of nitrogens with one attached hydrogen (secondary N) is 2. The molecule has 2 rings (SSSR count). The Labute approximate surface area is 171 Å². The molecule has 9 heteroatoms. The van der Waals surface area contributed by atoms with Crippen molar-refractivity contribution >= 4 is 30.7 Å². The molecule has 0 bridgehead atoms. The van der Waals surface area contributed by atoms with Gasteiger partial charge < -0.3 is 16.0 Å². The first-order chi connectivity index (χ1) is 11.9. The van der Waals surface area contributed by atoms with Crippen molar-refractivity contribution in [2.24, 2.45) is 5.73 Å². The normalized spacial score (nSPS) is 10.5. The van der Waals surface area contributed by atoms with Crippen LogP contribution in [0.5, 0.6) is 0 Å². The number of carbonyl (C=O) groups excluding carboxylic acids is 1. The van der Waals surface area contributed by atoms with Crippen molar-refractivity contribution in [3.63, 3.8) is 0 Å². The van der Waals surface area contributed by atoms with Gasteiger partial charge >= 0.3 is 0 Å². The first-order valence-corrected chi connectivity index (χ1v) is 8.44. The van der Waals surface area contributed by atoms with Crippen LogP contribution < -0.4 is 16.6 Å². The number of halogens is 2. The second kappa shape index (κ2) is 11.0. The van der Waals surface area contributed by atoms with Gasteiger partial charge in [-0.25, -0.2) is 4.98 Å². The summed E-state index contributed by atoms with van der Waals surface area (Å²) in [6.07, 6.45) is 4.79. The van der Waals surface area contributed by atoms with Crippen molar-refractivity contribution in [2.75, 3.05) is 6.54 Å². The number of aryl methyl sites for hydroxylation is 1. The Morgan fingerprint density at radius 3 is 2.48 bits per heavy atom. The number of nitrogens with zero attached hydrogens (tertiary/aromatic N) is 2. The third kappa shape index (κ3) is 6.61. The van der Waals surface area contributed by atoms with E-state index < -0.39 is 5.54 Å². The quantitative estimate of drug-likeness (QED) is 0.640. The summed E-state index contributed by atoms with van der Waals surface area (Å²) in [5.74, 6) is 0.207. The molecule has 0 atom stereocenters. The average molecular weight is 416 g/mol. The predicted molar refractivity (Wildman–Crippen MR) is 112 cm³/mol. The molecule has 0 spiro atoms. The van der Waals surface area contributed by atoms with Crippen LogP contribution in [-0.4, -0.2) is 32.9 Å². The van der Waals surface area contributed by atoms with Gasteiger partial charge in [0, 0.05) is 41.3 Å². The van der Waals surface area contributed by atoms with Crippen molar-refractivity contribution in [1.29, 1.82) is 0 Å². The molecule has 0 radical (unpaired) electrons. The van der Waals surface area contributed by atoms with Gasteiger partial charge in [-0.1, -0.05) is 13.8 Å². The fraction of sp³-hybridized carbons (Fsp3) is 0.444. The zero-order chi connectivity index (χ0) is 18.4. The molecule has 1 amide bonds. The Kier molecular flexibility index (Phi) is 10.2. The zero-order valence-electron chi connectivity index (χ0n) is 15.7. The van der Waals surface area contributed by atoms with Gasteiger partial charge in [0.1, 0.15) is 5.82 Å². The van der Waals surface area contributed by atoms with Gasteiger partial charge in [-0.15, -0.1) is 24.8 Å². The second-order valence-electron chi connectivity index (χ2n) is 6.24. The van der Waals surface area contributed by atoms with Gasteiger partial charge in [0.2, 0.25) is 5.91 Å². The van der Waals surface area contributed by atoms with E-state index in [1.165, 1.54) is 0 Å². The molecule has 0 fully saturated rings. The molecular formula is C18H27Cl2N5O2. The van der Waals surface area contributed by atoms with Crippen LogP contribution in [0.3, 0.4) is 0 Å². The molecular weight excluding hydrogens is 389 g/mol. The van der Waals surface area contributed by atoms with Crippen molar-refractivity contribution in [1.82, 2.24) is 20.3 Å². The average Bonchev–Trinajstić information content (AvgIpc) is 2.63. The van der Waals surface area contributed by atoms with Crippen LogP contribution in [0.1, 0.15) is 37.9 Å². The number of hydrogen-bond donors (Lipinski definition) is 3. The van der Waals surface area contributed by atoms with Gasteiger partial charge in [-0.3, -0.25) is 14.6 Å². The predicted octanol–water partition coefficient (Wildman–Crippen LogP) is 2.16. The number of rotatable bonds is 7. The molecule has 0 saturated carbocycles. The lowest BCUT2D eigenvalue weighted by molar-refractivity contribution is -0.120. The summed E-state index contributed by atoms with van der Waals surface area (Å²) in [7, 11) is 0. The minimum Gasteiger partial charge on any atom is -0.354 e. The number of H-pyrrole nitrogens is 1. The van der Waals surface area contributed by atoms with E-state index in [2.05, 4.69) is 20.3 Å². The highest BCUT2D eigenvalue weighted by molar-refractivity contribution is 5.85. The highest BCUT2D eigenvalue weighted by atomic mass is 35.5. The SMILES string of the molecule is CCC(N)(CC)CNC(=O)Cc1c(C)nc(-c2cccnc2)[nH]c1=O.Cl.Cl. The summed E-state index contributed by atoms with van der Waals surface area (Å²) in [6.45, 7) is 6.09. The van der Waals surface area contributed by atoms with Crippen LogP contribution in [0.25, 0.3) is 11.4 Å². The number of carbonyl (C=O) groups is 1. The van der Waals surface area contributed by atoms with E-state index in [0.717, 1.165) is 18.4 Å². The molecule has 0 aliphatic rings. The van der Waals surface area contributed by atoms with Crippen molar-refractivity contribution in [2.45, 2.75) is 45.6 Å². The molecule has 0 aromatic carbocycles. The molecule has 27 heavy (non-hydrogen) atoms. The van der Waals surface area contributed by atoms with Crippen LogP contribution in [0, 0.1) is 6.92 Å². The highest BCUT2D eigenvalue weighted by Crippen LogP contribution is 2.13. The summed E-state index contributed by atoms with van der Waals surface area (Å²) in [4.78, 5) is 35.7. The number of aromatic amines is 1. The standard InChI is InChI=1S/C18H25N5O2.2ClH/c1-4-18(19,5-2)11-21-15(24)9-14-12(3)22-16(23-17(14)25)13-7-6-8-20-10-13;;/h6-8,10H,4-5,9,11,19H2,1-3H3,(H,21,24)(H,22,23,25);2*1H. The number of aromatic nitrogens is 3. The Morgan fingerprint density at radius 2 is 1.96 bits per heavy atom. The summed E-state index contributed by atoms with van der Waals surface area (Å²) < 4.78 is 0. The molecule has 0 aliphatic heterocycles. The summed E-state index contributed by atoms with van der Waals surface area (Å²) in [6, 6.07) is 3.58. The second-order valence-corrected chi connectivity index (χ2v) is 6.24. The molecule has 4 N–H and O–H groups in total. The molecule has 0 unspecified atom stereocenters. The van der Waals surface area contributed by atoms with E-state index in [4.69, 9.17) is 5.73 Å². The number of pyridine rings is 1. The van der Waals surface area contributed by atoms with Gasteiger partial charge in [0.25, 0.3) is 5.56 Å². The van der Waals surface area contributed by atoms with Crippen LogP contribution in [0.15, 0.2) is 29.3 Å². The molecule has 150 valence electrons. The number of amides is 1. The minimum absolute atomic E-state index is 0. The van der Waals surface area contributed by atoms with Gasteiger partial charge in [-0.05, 0) is 31.9 Å². The van der Waals surface area contributed by atoms with E-state index in [-0.39, 0.29) is 42.7 Å². The first kappa shape index (κ1) is 25.0. The van der Waals surface area contributed by atoms with Crippen molar-refractivity contribution in [3.05, 3.63) is 46.1 Å². The van der Waals surface area contributed by atoms with E-state index >= 15 is 0 Å². The topological polar surface area (TPSA) is 114 Å². The lowest BCUT2D eigenvalue weighted by Crippen LogP contribution is -2.49.